The second-order valence-electron chi connectivity index (χ2n) is 7.93. The Morgan fingerprint density at radius 2 is 1.84 bits per heavy atom. The summed E-state index contributed by atoms with van der Waals surface area (Å²) in [6, 6.07) is 14.0. The van der Waals surface area contributed by atoms with Crippen molar-refractivity contribution in [1.82, 2.24) is 10.3 Å². The molecule has 2 aliphatic rings. The van der Waals surface area contributed by atoms with Crippen molar-refractivity contribution in [2.24, 2.45) is 9.50 Å². The third-order valence-corrected chi connectivity index (χ3v) is 7.29. The number of carbonyl (C=O) groups is 1. The van der Waals surface area contributed by atoms with Crippen molar-refractivity contribution in [1.29, 1.82) is 0 Å². The molecule has 7 nitrogen and oxygen atoms in total. The summed E-state index contributed by atoms with van der Waals surface area (Å²) >= 11 is 6.23. The molecule has 0 spiro atoms. The number of amides is 1. The lowest BCUT2D eigenvalue weighted by atomic mass is 9.95. The molecule has 0 aromatic heterocycles. The van der Waals surface area contributed by atoms with Gasteiger partial charge in [0.25, 0.3) is 10.0 Å². The summed E-state index contributed by atoms with van der Waals surface area (Å²) in [5, 5.41) is 9.54. The van der Waals surface area contributed by atoms with Gasteiger partial charge in [-0.25, -0.2) is 5.01 Å². The van der Waals surface area contributed by atoms with Crippen LogP contribution in [0, 0.1) is 0 Å². The van der Waals surface area contributed by atoms with E-state index in [0.29, 0.717) is 16.1 Å². The van der Waals surface area contributed by atoms with Crippen LogP contribution in [0.4, 0.5) is 0 Å². The highest BCUT2D eigenvalue weighted by molar-refractivity contribution is 7.90. The maximum atomic E-state index is 12.6. The molecular weight excluding hydrogens is 448 g/mol. The lowest BCUT2D eigenvalue weighted by molar-refractivity contribution is -0.122. The number of carbonyl (C=O) groups excluding carboxylic acids is 1. The first kappa shape index (κ1) is 22.5. The standard InChI is InChI=1S/C23H25ClN4O3S/c24-20-12-6-4-8-17(20)16-25-28(15-14-22(29)26-18-9-2-1-3-10-18)23-19-11-5-7-13-21(19)32(30,31)27-23/h4-8,11-13,16,18H,1-3,9-10,14-15H2,(H,26,29)/b25-16-. The van der Waals surface area contributed by atoms with Crippen molar-refractivity contribution in [3.8, 4) is 0 Å². The molecule has 1 fully saturated rings. The number of hydrazone groups is 1. The smallest absolute Gasteiger partial charge is 0.285 e. The minimum absolute atomic E-state index is 0.0791. The summed E-state index contributed by atoms with van der Waals surface area (Å²) in [5.41, 5.74) is 1.15. The number of hydrogen-bond acceptors (Lipinski definition) is 5. The molecule has 0 saturated heterocycles. The number of amidine groups is 1. The van der Waals surface area contributed by atoms with Gasteiger partial charge in [-0.15, -0.1) is 4.40 Å². The number of benzene rings is 2. The zero-order valence-corrected chi connectivity index (χ0v) is 19.1. The SMILES string of the molecule is O=C(CCN(/N=C\c1ccccc1Cl)C1=NS(=O)(=O)c2ccccc21)NC1CCCCC1. The van der Waals surface area contributed by atoms with Gasteiger partial charge in [0, 0.05) is 28.6 Å². The van der Waals surface area contributed by atoms with Gasteiger partial charge in [0.15, 0.2) is 5.84 Å². The lowest BCUT2D eigenvalue weighted by Gasteiger charge is -2.24. The van der Waals surface area contributed by atoms with Gasteiger partial charge in [-0.05, 0) is 31.0 Å². The summed E-state index contributed by atoms with van der Waals surface area (Å²) in [6.07, 6.45) is 7.19. The molecule has 0 unspecified atom stereocenters. The Hall–Kier alpha value is -2.71. The van der Waals surface area contributed by atoms with Gasteiger partial charge in [0.1, 0.15) is 4.90 Å². The Morgan fingerprint density at radius 3 is 2.62 bits per heavy atom. The van der Waals surface area contributed by atoms with E-state index in [1.807, 2.05) is 12.1 Å². The Balaban J connectivity index is 1.56. The van der Waals surface area contributed by atoms with Crippen LogP contribution < -0.4 is 5.32 Å². The van der Waals surface area contributed by atoms with Crippen LogP contribution in [-0.2, 0) is 14.8 Å². The van der Waals surface area contributed by atoms with Crippen LogP contribution >= 0.6 is 11.6 Å². The predicted octanol–water partition coefficient (Wildman–Crippen LogP) is 3.96. The average Bonchev–Trinajstić information content (AvgIpc) is 3.06. The molecule has 4 rings (SSSR count). The van der Waals surface area contributed by atoms with E-state index in [1.165, 1.54) is 17.5 Å². The third kappa shape index (κ3) is 5.19. The molecule has 2 aromatic carbocycles. The van der Waals surface area contributed by atoms with Crippen LogP contribution in [-0.4, -0.2) is 44.0 Å². The maximum absolute atomic E-state index is 12.6. The van der Waals surface area contributed by atoms with Gasteiger partial charge in [-0.1, -0.05) is 61.2 Å². The highest BCUT2D eigenvalue weighted by Gasteiger charge is 2.32. The number of sulfonamides is 1. The predicted molar refractivity (Wildman–Crippen MR) is 126 cm³/mol. The molecule has 9 heteroatoms. The Labute approximate surface area is 193 Å². The van der Waals surface area contributed by atoms with Crippen molar-refractivity contribution in [2.75, 3.05) is 6.54 Å². The molecule has 2 aromatic rings. The Bertz CT molecular complexity index is 1160. The normalized spacial score (nSPS) is 17.7. The topological polar surface area (TPSA) is 91.2 Å². The van der Waals surface area contributed by atoms with E-state index < -0.39 is 10.0 Å². The fourth-order valence-corrected chi connectivity index (χ4v) is 5.35. The van der Waals surface area contributed by atoms with Crippen molar-refractivity contribution >= 4 is 39.6 Å². The zero-order chi connectivity index (χ0) is 22.6. The number of nitrogens with zero attached hydrogens (tertiary/aromatic N) is 3. The van der Waals surface area contributed by atoms with Crippen molar-refractivity contribution < 1.29 is 13.2 Å². The number of fused-ring (bicyclic) bond motifs is 1. The summed E-state index contributed by atoms with van der Waals surface area (Å²) in [4.78, 5) is 12.7. The van der Waals surface area contributed by atoms with Gasteiger partial charge < -0.3 is 5.32 Å². The van der Waals surface area contributed by atoms with Gasteiger partial charge in [-0.2, -0.15) is 13.5 Å². The molecular formula is C23H25ClN4O3S. The van der Waals surface area contributed by atoms with Crippen LogP contribution in [0.15, 0.2) is 62.9 Å². The molecule has 0 radical (unpaired) electrons. The Morgan fingerprint density at radius 1 is 1.12 bits per heavy atom. The van der Waals surface area contributed by atoms with Crippen molar-refractivity contribution in [3.05, 3.63) is 64.7 Å². The van der Waals surface area contributed by atoms with E-state index in [0.717, 1.165) is 25.7 Å². The number of rotatable bonds is 6. The van der Waals surface area contributed by atoms with E-state index in [1.54, 1.807) is 36.5 Å². The Kier molecular flexibility index (Phi) is 6.91. The molecule has 1 amide bonds. The van der Waals surface area contributed by atoms with E-state index in [2.05, 4.69) is 14.8 Å². The van der Waals surface area contributed by atoms with E-state index >= 15 is 0 Å². The molecule has 0 bridgehead atoms. The molecule has 32 heavy (non-hydrogen) atoms. The van der Waals surface area contributed by atoms with Crippen LogP contribution in [0.2, 0.25) is 5.02 Å². The lowest BCUT2D eigenvalue weighted by Crippen LogP contribution is -2.38. The van der Waals surface area contributed by atoms with Crippen LogP contribution in [0.3, 0.4) is 0 Å². The fraction of sp³-hybridized carbons (Fsp3) is 0.348. The summed E-state index contributed by atoms with van der Waals surface area (Å²) in [7, 11) is -3.81. The second kappa shape index (κ2) is 9.83. The monoisotopic (exact) mass is 472 g/mol. The second-order valence-corrected chi connectivity index (χ2v) is 9.91. The van der Waals surface area contributed by atoms with E-state index in [4.69, 9.17) is 11.6 Å². The highest BCUT2D eigenvalue weighted by Crippen LogP contribution is 2.28. The number of halogens is 1. The largest absolute Gasteiger partial charge is 0.353 e. The summed E-state index contributed by atoms with van der Waals surface area (Å²) < 4.78 is 29.0. The fourth-order valence-electron chi connectivity index (χ4n) is 3.96. The molecule has 168 valence electrons. The summed E-state index contributed by atoms with van der Waals surface area (Å²) in [5.74, 6) is 0.124. The van der Waals surface area contributed by atoms with Crippen molar-refractivity contribution in [2.45, 2.75) is 49.5 Å². The minimum Gasteiger partial charge on any atom is -0.353 e. The van der Waals surface area contributed by atoms with Crippen LogP contribution in [0.5, 0.6) is 0 Å². The molecule has 1 heterocycles. The van der Waals surface area contributed by atoms with Gasteiger partial charge in [-0.3, -0.25) is 4.79 Å². The molecule has 1 aliphatic carbocycles. The van der Waals surface area contributed by atoms with Crippen molar-refractivity contribution in [3.63, 3.8) is 0 Å². The van der Waals surface area contributed by atoms with Gasteiger partial charge in [0.2, 0.25) is 5.91 Å². The zero-order valence-electron chi connectivity index (χ0n) is 17.6. The average molecular weight is 473 g/mol. The third-order valence-electron chi connectivity index (χ3n) is 5.62. The van der Waals surface area contributed by atoms with Gasteiger partial charge >= 0.3 is 0 Å². The summed E-state index contributed by atoms with van der Waals surface area (Å²) in [6.45, 7) is 0.183. The minimum atomic E-state index is -3.81. The van der Waals surface area contributed by atoms with E-state index in [9.17, 15) is 13.2 Å². The first-order valence-corrected chi connectivity index (χ1v) is 12.6. The van der Waals surface area contributed by atoms with Crippen LogP contribution in [0.25, 0.3) is 0 Å². The quantitative estimate of drug-likeness (QED) is 0.508. The number of hydrogen-bond donors (Lipinski definition) is 1. The van der Waals surface area contributed by atoms with Gasteiger partial charge in [0.05, 0.1) is 12.8 Å². The highest BCUT2D eigenvalue weighted by atomic mass is 35.5. The molecule has 0 atom stereocenters. The molecule has 1 saturated carbocycles. The molecule has 1 N–H and O–H groups in total. The molecule has 1 aliphatic heterocycles. The first-order valence-electron chi connectivity index (χ1n) is 10.7. The van der Waals surface area contributed by atoms with E-state index in [-0.39, 0.29) is 35.6 Å². The number of nitrogens with one attached hydrogen (secondary N) is 1. The first-order chi connectivity index (χ1) is 15.4. The maximum Gasteiger partial charge on any atom is 0.285 e. The van der Waals surface area contributed by atoms with Crippen LogP contribution in [0.1, 0.15) is 49.7 Å².